The molecule has 0 radical (unpaired) electrons. The van der Waals surface area contributed by atoms with Gasteiger partial charge < -0.3 is 4.74 Å². The van der Waals surface area contributed by atoms with Crippen molar-refractivity contribution in [3.8, 4) is 5.75 Å². The monoisotopic (exact) mass is 307 g/mol. The van der Waals surface area contributed by atoms with Crippen LogP contribution in [0.1, 0.15) is 10.4 Å². The van der Waals surface area contributed by atoms with E-state index in [1.807, 2.05) is 0 Å². The molecule has 0 aliphatic heterocycles. The number of rotatable bonds is 4. The fourth-order valence-corrected chi connectivity index (χ4v) is 1.78. The van der Waals surface area contributed by atoms with Crippen LogP contribution in [0.4, 0.5) is 4.39 Å². The topological polar surface area (TPSA) is 55.4 Å². The molecule has 1 N–H and O–H groups in total. The van der Waals surface area contributed by atoms with Crippen LogP contribution in [0.15, 0.2) is 48.5 Å². The van der Waals surface area contributed by atoms with Crippen LogP contribution in [-0.2, 0) is 4.79 Å². The van der Waals surface area contributed by atoms with Crippen LogP contribution >= 0.6 is 11.6 Å². The molecule has 0 aromatic heterocycles. The largest absolute Gasteiger partial charge is 0.482 e. The molecule has 2 aromatic rings. The van der Waals surface area contributed by atoms with Gasteiger partial charge in [-0.1, -0.05) is 29.8 Å². The van der Waals surface area contributed by atoms with Gasteiger partial charge in [-0.3, -0.25) is 14.9 Å². The van der Waals surface area contributed by atoms with E-state index in [2.05, 4.69) is 5.32 Å². The highest BCUT2D eigenvalue weighted by atomic mass is 35.5. The normalized spacial score (nSPS) is 10.0. The molecule has 4 nitrogen and oxygen atoms in total. The molecule has 0 aliphatic carbocycles. The van der Waals surface area contributed by atoms with Gasteiger partial charge in [-0.15, -0.1) is 0 Å². The molecule has 6 heteroatoms. The quantitative estimate of drug-likeness (QED) is 0.945. The molecule has 0 spiro atoms. The average molecular weight is 308 g/mol. The van der Waals surface area contributed by atoms with E-state index >= 15 is 0 Å². The van der Waals surface area contributed by atoms with E-state index in [1.54, 1.807) is 30.3 Å². The lowest BCUT2D eigenvalue weighted by atomic mass is 10.2. The van der Waals surface area contributed by atoms with Crippen molar-refractivity contribution in [2.75, 3.05) is 6.61 Å². The van der Waals surface area contributed by atoms with Gasteiger partial charge >= 0.3 is 0 Å². The number of carbonyl (C=O) groups is 2. The Kier molecular flexibility index (Phi) is 4.90. The van der Waals surface area contributed by atoms with E-state index in [4.69, 9.17) is 16.3 Å². The van der Waals surface area contributed by atoms with Gasteiger partial charge in [0.1, 0.15) is 11.6 Å². The van der Waals surface area contributed by atoms with Crippen molar-refractivity contribution in [1.82, 2.24) is 5.32 Å². The van der Waals surface area contributed by atoms with Gasteiger partial charge in [0.15, 0.2) is 6.61 Å². The highest BCUT2D eigenvalue weighted by Gasteiger charge is 2.11. The molecule has 0 saturated heterocycles. The molecule has 2 amide bonds. The molecule has 0 heterocycles. The molecule has 108 valence electrons. The fourth-order valence-electron chi connectivity index (χ4n) is 1.56. The Labute approximate surface area is 125 Å². The second-order valence-corrected chi connectivity index (χ2v) is 4.51. The summed E-state index contributed by atoms with van der Waals surface area (Å²) >= 11 is 5.75. The Bertz CT molecular complexity index is 661. The van der Waals surface area contributed by atoms with Gasteiger partial charge in [0.2, 0.25) is 0 Å². The number of hydrogen-bond donors (Lipinski definition) is 1. The summed E-state index contributed by atoms with van der Waals surface area (Å²) in [6, 6.07) is 11.9. The predicted octanol–water partition coefficient (Wildman–Crippen LogP) is 2.81. The molecule has 0 unspecified atom stereocenters. The number of benzene rings is 2. The summed E-state index contributed by atoms with van der Waals surface area (Å²) < 4.78 is 18.0. The zero-order valence-electron chi connectivity index (χ0n) is 10.8. The lowest BCUT2D eigenvalue weighted by Crippen LogP contribution is -2.34. The lowest BCUT2D eigenvalue weighted by Gasteiger charge is -2.08. The maximum absolute atomic E-state index is 12.8. The Morgan fingerprint density at radius 3 is 2.52 bits per heavy atom. The highest BCUT2D eigenvalue weighted by molar-refractivity contribution is 6.32. The average Bonchev–Trinajstić information content (AvgIpc) is 2.47. The zero-order chi connectivity index (χ0) is 15.2. The van der Waals surface area contributed by atoms with E-state index in [0.717, 1.165) is 12.1 Å². The van der Waals surface area contributed by atoms with Gasteiger partial charge in [-0.05, 0) is 30.3 Å². The van der Waals surface area contributed by atoms with Gasteiger partial charge in [0.05, 0.1) is 5.02 Å². The molecule has 2 rings (SSSR count). The minimum atomic E-state index is -0.621. The summed E-state index contributed by atoms with van der Waals surface area (Å²) in [5.74, 6) is -1.48. The molecule has 0 aliphatic rings. The molecule has 21 heavy (non-hydrogen) atoms. The van der Waals surface area contributed by atoms with E-state index in [1.165, 1.54) is 6.07 Å². The van der Waals surface area contributed by atoms with Crippen molar-refractivity contribution in [3.05, 3.63) is 64.9 Å². The van der Waals surface area contributed by atoms with E-state index in [0.29, 0.717) is 5.56 Å². The third-order valence-corrected chi connectivity index (χ3v) is 2.84. The molecule has 0 bridgehead atoms. The first-order valence-electron chi connectivity index (χ1n) is 6.03. The zero-order valence-corrected chi connectivity index (χ0v) is 11.6. The van der Waals surface area contributed by atoms with E-state index in [-0.39, 0.29) is 10.8 Å². The number of imide groups is 1. The molecule has 0 atom stereocenters. The van der Waals surface area contributed by atoms with Gasteiger partial charge in [-0.2, -0.15) is 0 Å². The molecule has 2 aromatic carbocycles. The fraction of sp³-hybridized carbons (Fsp3) is 0.0667. The van der Waals surface area contributed by atoms with Crippen molar-refractivity contribution in [1.29, 1.82) is 0 Å². The van der Waals surface area contributed by atoms with Crippen molar-refractivity contribution in [2.45, 2.75) is 0 Å². The third kappa shape index (κ3) is 4.29. The summed E-state index contributed by atoms with van der Waals surface area (Å²) in [5, 5.41) is 2.23. The second-order valence-electron chi connectivity index (χ2n) is 4.11. The molecule has 0 fully saturated rings. The van der Waals surface area contributed by atoms with E-state index in [9.17, 15) is 14.0 Å². The van der Waals surface area contributed by atoms with Crippen molar-refractivity contribution in [2.24, 2.45) is 0 Å². The van der Waals surface area contributed by atoms with Crippen LogP contribution in [0.2, 0.25) is 5.02 Å². The Morgan fingerprint density at radius 2 is 1.86 bits per heavy atom. The summed E-state index contributed by atoms with van der Waals surface area (Å²) in [6.07, 6.45) is 0. The Balaban J connectivity index is 1.89. The minimum absolute atomic E-state index is 0.0529. The first-order chi connectivity index (χ1) is 10.1. The van der Waals surface area contributed by atoms with Crippen LogP contribution < -0.4 is 10.1 Å². The Morgan fingerprint density at radius 1 is 1.14 bits per heavy atom. The summed E-state index contributed by atoms with van der Waals surface area (Å²) in [4.78, 5) is 23.3. The van der Waals surface area contributed by atoms with Gasteiger partial charge in [0.25, 0.3) is 11.8 Å². The predicted molar refractivity (Wildman–Crippen MR) is 75.8 cm³/mol. The van der Waals surface area contributed by atoms with Crippen molar-refractivity contribution >= 4 is 23.4 Å². The Hall–Kier alpha value is -2.40. The summed E-state index contributed by atoms with van der Waals surface area (Å²) in [5.41, 5.74) is 0.366. The van der Waals surface area contributed by atoms with Crippen molar-refractivity contribution in [3.63, 3.8) is 0 Å². The van der Waals surface area contributed by atoms with E-state index < -0.39 is 24.2 Å². The molecular formula is C15H11ClFNO3. The molecular weight excluding hydrogens is 297 g/mol. The van der Waals surface area contributed by atoms with Crippen LogP contribution in [0.3, 0.4) is 0 Å². The number of carbonyl (C=O) groups excluding carboxylic acids is 2. The number of nitrogens with one attached hydrogen (secondary N) is 1. The number of amides is 2. The molecule has 0 saturated carbocycles. The van der Waals surface area contributed by atoms with Crippen LogP contribution in [0, 0.1) is 5.82 Å². The maximum atomic E-state index is 12.8. The highest BCUT2D eigenvalue weighted by Crippen LogP contribution is 2.24. The minimum Gasteiger partial charge on any atom is -0.482 e. The first kappa shape index (κ1) is 15.0. The van der Waals surface area contributed by atoms with Crippen LogP contribution in [-0.4, -0.2) is 18.4 Å². The van der Waals surface area contributed by atoms with Crippen LogP contribution in [0.25, 0.3) is 0 Å². The number of halogens is 2. The van der Waals surface area contributed by atoms with Gasteiger partial charge in [0, 0.05) is 5.56 Å². The summed E-state index contributed by atoms with van der Waals surface area (Å²) in [7, 11) is 0. The lowest BCUT2D eigenvalue weighted by molar-refractivity contribution is -0.122. The number of ether oxygens (including phenoxy) is 1. The van der Waals surface area contributed by atoms with Crippen molar-refractivity contribution < 1.29 is 18.7 Å². The smallest absolute Gasteiger partial charge is 0.264 e. The van der Waals surface area contributed by atoms with Crippen LogP contribution in [0.5, 0.6) is 5.75 Å². The second kappa shape index (κ2) is 6.85. The summed E-state index contributed by atoms with van der Waals surface area (Å²) in [6.45, 7) is -0.399. The van der Waals surface area contributed by atoms with Gasteiger partial charge in [-0.25, -0.2) is 4.39 Å². The standard InChI is InChI=1S/C15H11ClFNO3/c16-12-8-11(17)6-7-13(12)21-9-14(19)18-15(20)10-4-2-1-3-5-10/h1-8H,9H2,(H,18,19,20). The first-order valence-corrected chi connectivity index (χ1v) is 6.41. The maximum Gasteiger partial charge on any atom is 0.264 e. The number of hydrogen-bond acceptors (Lipinski definition) is 3. The third-order valence-electron chi connectivity index (χ3n) is 2.54. The SMILES string of the molecule is O=C(COc1ccc(F)cc1Cl)NC(=O)c1ccccc1.